The van der Waals surface area contributed by atoms with Crippen molar-refractivity contribution in [2.75, 3.05) is 0 Å². The first-order valence-electron chi connectivity index (χ1n) is 2.06. The van der Waals surface area contributed by atoms with Gasteiger partial charge >= 0.3 is 0 Å². The molecule has 0 aliphatic carbocycles. The summed E-state index contributed by atoms with van der Waals surface area (Å²) in [5.74, 6) is 0. The van der Waals surface area contributed by atoms with Crippen molar-refractivity contribution in [3.8, 4) is 0 Å². The molecule has 0 unspecified atom stereocenters. The monoisotopic (exact) mass is 126 g/mol. The van der Waals surface area contributed by atoms with E-state index in [9.17, 15) is 0 Å². The molecule has 0 aromatic rings. The lowest BCUT2D eigenvalue weighted by Crippen LogP contribution is -2.21. The molecular weight excluding hydrogens is 118 g/mol. The van der Waals surface area contributed by atoms with Gasteiger partial charge in [-0.2, -0.15) is 0 Å². The smallest absolute Gasteiger partial charge is 0.00908 e. The van der Waals surface area contributed by atoms with E-state index in [2.05, 4.69) is 47.3 Å². The van der Waals surface area contributed by atoms with Crippen LogP contribution >= 0.6 is 0 Å². The zero-order valence-corrected chi connectivity index (χ0v) is 5.06. The molecule has 5 nitrogen and oxygen atoms in total. The van der Waals surface area contributed by atoms with Crippen molar-refractivity contribution in [3.63, 3.8) is 0 Å². The van der Waals surface area contributed by atoms with E-state index in [1.54, 1.807) is 0 Å². The third-order valence-corrected chi connectivity index (χ3v) is 0.759. The van der Waals surface area contributed by atoms with Crippen LogP contribution < -0.4 is 0 Å². The molecule has 0 rings (SSSR count). The van der Waals surface area contributed by atoms with Crippen LogP contribution in [0.25, 0.3) is 0 Å². The molecule has 0 aliphatic heterocycles. The minimum atomic E-state index is -0.667. The molecule has 0 N–H and O–H groups in total. The number of nitrogens with zero attached hydrogens (tertiary/aromatic N) is 5. The van der Waals surface area contributed by atoms with E-state index in [1.165, 1.54) is 0 Å². The van der Waals surface area contributed by atoms with Crippen molar-refractivity contribution in [2.45, 2.75) is 0 Å². The van der Waals surface area contributed by atoms with E-state index >= 15 is 0 Å². The van der Waals surface area contributed by atoms with Crippen molar-refractivity contribution < 1.29 is 4.92 Å². The van der Waals surface area contributed by atoms with Gasteiger partial charge in [-0.1, -0.05) is 0 Å². The molecule has 0 saturated heterocycles. The molecule has 0 aromatic heterocycles. The number of hydrogen-bond donors (Lipinski definition) is 0. The topological polar surface area (TPSA) is 49.4 Å². The van der Waals surface area contributed by atoms with Crippen LogP contribution in [0.3, 0.4) is 0 Å². The van der Waals surface area contributed by atoms with Crippen LogP contribution in [-0.2, 0) is 0 Å². The highest BCUT2D eigenvalue weighted by Crippen LogP contribution is 2.07. The van der Waals surface area contributed by atoms with Crippen LogP contribution in [0.4, 0.5) is 0 Å². The van der Waals surface area contributed by atoms with E-state index in [0.717, 1.165) is 0 Å². The lowest BCUT2D eigenvalue weighted by molar-refractivity contribution is -0.952. The fourth-order valence-corrected chi connectivity index (χ4v) is 0.268. The van der Waals surface area contributed by atoms with Crippen molar-refractivity contribution in [3.05, 3.63) is 0 Å². The molecule has 0 radical (unpaired) electrons. The molecule has 0 saturated carbocycles. The standard InChI is InChI=1S/C4H8N5/c1-5-9(6-2,7-3)8-4/h1-4H2/q+1. The molecule has 0 atom stereocenters. The number of quaternary nitrogens is 1. The zero-order chi connectivity index (χ0) is 7.33. The summed E-state index contributed by atoms with van der Waals surface area (Å²) in [6.07, 6.45) is 0. The Labute approximate surface area is 53.3 Å². The molecule has 9 heavy (non-hydrogen) atoms. The molecule has 0 amide bonds. The van der Waals surface area contributed by atoms with Crippen LogP contribution in [0.5, 0.6) is 0 Å². The van der Waals surface area contributed by atoms with Crippen LogP contribution in [0.1, 0.15) is 0 Å². The van der Waals surface area contributed by atoms with E-state index in [1.807, 2.05) is 0 Å². The Balaban J connectivity index is 4.53. The summed E-state index contributed by atoms with van der Waals surface area (Å²) >= 11 is 0. The molecule has 0 fully saturated rings. The second kappa shape index (κ2) is 2.83. The Hall–Kier alpha value is -1.36. The van der Waals surface area contributed by atoms with Gasteiger partial charge in [0.1, 0.15) is 0 Å². The van der Waals surface area contributed by atoms with Crippen molar-refractivity contribution >= 4 is 26.9 Å². The Kier molecular flexibility index (Phi) is 2.40. The maximum atomic E-state index is 3.38. The predicted molar refractivity (Wildman–Crippen MR) is 38.5 cm³/mol. The summed E-state index contributed by atoms with van der Waals surface area (Å²) in [6.45, 7) is 12.7. The minimum Gasteiger partial charge on any atom is -0.00908 e. The average molecular weight is 126 g/mol. The van der Waals surface area contributed by atoms with Gasteiger partial charge < -0.3 is 0 Å². The number of rotatable bonds is 4. The van der Waals surface area contributed by atoms with Crippen LogP contribution in [-0.4, -0.2) is 31.8 Å². The lowest BCUT2D eigenvalue weighted by atomic mass is 11.5. The minimum absolute atomic E-state index is 0.667. The molecule has 0 spiro atoms. The molecule has 5 heteroatoms. The molecular formula is C4H8N5+. The summed E-state index contributed by atoms with van der Waals surface area (Å²) in [4.78, 5) is -0.667. The summed E-state index contributed by atoms with van der Waals surface area (Å²) in [5.41, 5.74) is 0. The summed E-state index contributed by atoms with van der Waals surface area (Å²) in [5, 5.41) is 13.5. The van der Waals surface area contributed by atoms with E-state index in [4.69, 9.17) is 0 Å². The highest BCUT2D eigenvalue weighted by atomic mass is 16.1. The fraction of sp³-hybridized carbons (Fsp3) is 0. The van der Waals surface area contributed by atoms with Gasteiger partial charge in [-0.3, -0.25) is 0 Å². The first-order chi connectivity index (χ1) is 4.24. The zero-order valence-electron chi connectivity index (χ0n) is 5.06. The first kappa shape index (κ1) is 7.64. The van der Waals surface area contributed by atoms with Gasteiger partial charge in [0.05, 0.1) is 26.9 Å². The number of hydrogen-bond acceptors (Lipinski definition) is 4. The van der Waals surface area contributed by atoms with Crippen molar-refractivity contribution in [1.82, 2.24) is 0 Å². The Morgan fingerprint density at radius 1 is 0.667 bits per heavy atom. The highest BCUT2D eigenvalue weighted by Gasteiger charge is 2.20. The second-order valence-corrected chi connectivity index (χ2v) is 1.10. The fourth-order valence-electron chi connectivity index (χ4n) is 0.268. The normalized spacial score (nSPS) is 9.78. The van der Waals surface area contributed by atoms with Crippen LogP contribution in [0.2, 0.25) is 0 Å². The predicted octanol–water partition coefficient (Wildman–Crippen LogP) is 0.266. The van der Waals surface area contributed by atoms with Gasteiger partial charge in [0.25, 0.3) is 0 Å². The third-order valence-electron chi connectivity index (χ3n) is 0.759. The van der Waals surface area contributed by atoms with Gasteiger partial charge in [0.2, 0.25) is 0 Å². The maximum absolute atomic E-state index is 3.38. The molecule has 0 heterocycles. The summed E-state index contributed by atoms with van der Waals surface area (Å²) in [6, 6.07) is 0. The summed E-state index contributed by atoms with van der Waals surface area (Å²) < 4.78 is 0. The van der Waals surface area contributed by atoms with Gasteiger partial charge in [0.15, 0.2) is 4.92 Å². The lowest BCUT2D eigenvalue weighted by Gasteiger charge is -2.05. The Morgan fingerprint density at radius 2 is 0.889 bits per heavy atom. The average Bonchev–Trinajstić information content (AvgIpc) is 1.95. The van der Waals surface area contributed by atoms with E-state index in [0.29, 0.717) is 0 Å². The molecule has 0 aromatic carbocycles. The highest BCUT2D eigenvalue weighted by molar-refractivity contribution is 5.26. The quantitative estimate of drug-likeness (QED) is 0.295. The summed E-state index contributed by atoms with van der Waals surface area (Å²) in [7, 11) is 0. The second-order valence-electron chi connectivity index (χ2n) is 1.10. The SMILES string of the molecule is C=N[N+](N=C)(N=C)N=C. The third kappa shape index (κ3) is 1.26. The largest absolute Gasteiger partial charge is 0.164 e. The van der Waals surface area contributed by atoms with Crippen LogP contribution in [0.15, 0.2) is 20.4 Å². The molecule has 48 valence electrons. The van der Waals surface area contributed by atoms with E-state index < -0.39 is 4.92 Å². The molecule has 0 bridgehead atoms. The van der Waals surface area contributed by atoms with Crippen molar-refractivity contribution in [2.24, 2.45) is 20.4 Å². The van der Waals surface area contributed by atoms with Crippen LogP contribution in [0, 0.1) is 0 Å². The first-order valence-corrected chi connectivity index (χ1v) is 2.06. The van der Waals surface area contributed by atoms with Gasteiger partial charge in [0, 0.05) is 0 Å². The Bertz CT molecular complexity index is 112. The molecule has 0 aliphatic rings. The maximum Gasteiger partial charge on any atom is 0.164 e. The van der Waals surface area contributed by atoms with E-state index in [-0.39, 0.29) is 0 Å². The Morgan fingerprint density at radius 3 is 0.889 bits per heavy atom. The van der Waals surface area contributed by atoms with Gasteiger partial charge in [-0.05, 0) is 20.4 Å². The van der Waals surface area contributed by atoms with Crippen molar-refractivity contribution in [1.29, 1.82) is 0 Å². The van der Waals surface area contributed by atoms with Gasteiger partial charge in [-0.25, -0.2) is 0 Å². The van der Waals surface area contributed by atoms with Gasteiger partial charge in [-0.15, -0.1) is 0 Å².